The number of halogens is 9. The Morgan fingerprint density at radius 3 is 1.18 bits per heavy atom. The van der Waals surface area contributed by atoms with E-state index in [2.05, 4.69) is 0 Å². The molecule has 11 heteroatoms. The first kappa shape index (κ1) is 29.2. The summed E-state index contributed by atoms with van der Waals surface area (Å²) in [7, 11) is 0. The fourth-order valence-corrected chi connectivity index (χ4v) is 5.31. The zero-order valence-corrected chi connectivity index (χ0v) is 22.1. The van der Waals surface area contributed by atoms with Crippen molar-refractivity contribution in [3.05, 3.63) is 126 Å². The summed E-state index contributed by atoms with van der Waals surface area (Å²) < 4.78 is 136. The molecule has 0 atom stereocenters. The molecule has 1 aliphatic rings. The maximum Gasteiger partial charge on any atom is 0.418 e. The van der Waals surface area contributed by atoms with Crippen LogP contribution < -0.4 is 9.64 Å². The van der Waals surface area contributed by atoms with E-state index in [-0.39, 0.29) is 46.1 Å². The Bertz CT molecular complexity index is 1750. The summed E-state index contributed by atoms with van der Waals surface area (Å²) in [5.74, 6) is 0.512. The first-order valence-electron chi connectivity index (χ1n) is 13.0. The lowest BCUT2D eigenvalue weighted by molar-refractivity contribution is -0.147. The molecule has 224 valence electrons. The second-order valence-corrected chi connectivity index (χ2v) is 9.88. The van der Waals surface area contributed by atoms with E-state index < -0.39 is 40.9 Å². The molecule has 0 unspecified atom stereocenters. The highest BCUT2D eigenvalue weighted by Gasteiger charge is 2.47. The van der Waals surface area contributed by atoms with Gasteiger partial charge in [-0.3, -0.25) is 0 Å². The van der Waals surface area contributed by atoms with Crippen LogP contribution in [0.15, 0.2) is 109 Å². The van der Waals surface area contributed by atoms with Gasteiger partial charge in [-0.25, -0.2) is 0 Å². The van der Waals surface area contributed by atoms with Crippen LogP contribution in [0.5, 0.6) is 11.5 Å². The predicted molar refractivity (Wildman–Crippen MR) is 147 cm³/mol. The van der Waals surface area contributed by atoms with E-state index in [9.17, 15) is 39.5 Å². The predicted octanol–water partition coefficient (Wildman–Crippen LogP) is 11.7. The van der Waals surface area contributed by atoms with Crippen LogP contribution >= 0.6 is 0 Å². The number of benzene rings is 5. The van der Waals surface area contributed by atoms with Crippen molar-refractivity contribution in [3.63, 3.8) is 0 Å². The molecule has 6 rings (SSSR count). The molecule has 0 N–H and O–H groups in total. The van der Waals surface area contributed by atoms with E-state index >= 15 is 0 Å². The van der Waals surface area contributed by atoms with Crippen LogP contribution in [-0.2, 0) is 18.5 Å². The van der Waals surface area contributed by atoms with Crippen LogP contribution in [0.1, 0.15) is 16.7 Å². The van der Waals surface area contributed by atoms with Gasteiger partial charge in [-0.2, -0.15) is 39.5 Å². The molecule has 0 radical (unpaired) electrons. The summed E-state index contributed by atoms with van der Waals surface area (Å²) in [5.41, 5.74) is -7.04. The van der Waals surface area contributed by atoms with Crippen LogP contribution in [0, 0.1) is 0 Å². The molecule has 0 saturated heterocycles. The Kier molecular flexibility index (Phi) is 6.86. The second-order valence-electron chi connectivity index (χ2n) is 9.88. The number of hydrogen-bond acceptors (Lipinski definition) is 2. The van der Waals surface area contributed by atoms with Crippen molar-refractivity contribution in [1.29, 1.82) is 0 Å². The highest BCUT2D eigenvalue weighted by molar-refractivity contribution is 5.97. The molecule has 1 heterocycles. The van der Waals surface area contributed by atoms with Crippen molar-refractivity contribution >= 4 is 17.1 Å². The van der Waals surface area contributed by atoms with Gasteiger partial charge in [-0.15, -0.1) is 0 Å². The van der Waals surface area contributed by atoms with Gasteiger partial charge in [-0.1, -0.05) is 72.8 Å². The Balaban J connectivity index is 1.84. The summed E-state index contributed by atoms with van der Waals surface area (Å²) in [5, 5.41) is 0. The van der Waals surface area contributed by atoms with Gasteiger partial charge in [0.15, 0.2) is 0 Å². The molecule has 0 saturated carbocycles. The van der Waals surface area contributed by atoms with Crippen LogP contribution in [0.2, 0.25) is 0 Å². The summed E-state index contributed by atoms with van der Waals surface area (Å²) in [4.78, 5) is 0.745. The number of para-hydroxylation sites is 4. The number of anilines is 3. The molecule has 5 aromatic rings. The second kappa shape index (κ2) is 10.4. The Hall–Kier alpha value is -4.93. The average Bonchev–Trinajstić information content (AvgIpc) is 2.97. The van der Waals surface area contributed by atoms with Gasteiger partial charge >= 0.3 is 18.5 Å². The van der Waals surface area contributed by atoms with Crippen LogP contribution in [0.4, 0.5) is 56.6 Å². The van der Waals surface area contributed by atoms with Crippen LogP contribution in [0.3, 0.4) is 0 Å². The minimum absolute atomic E-state index is 0.147. The maximum absolute atomic E-state index is 14.7. The quantitative estimate of drug-likeness (QED) is 0.171. The minimum atomic E-state index is -5.62. The minimum Gasteiger partial charge on any atom is -0.456 e. The maximum atomic E-state index is 14.7. The molecule has 0 bridgehead atoms. The number of ether oxygens (including phenoxy) is 1. The Morgan fingerprint density at radius 2 is 0.795 bits per heavy atom. The van der Waals surface area contributed by atoms with Gasteiger partial charge < -0.3 is 9.64 Å². The van der Waals surface area contributed by atoms with Crippen LogP contribution in [0.25, 0.3) is 22.3 Å². The molecular weight excluding hydrogens is 597 g/mol. The average molecular weight is 615 g/mol. The van der Waals surface area contributed by atoms with Gasteiger partial charge in [0.05, 0.1) is 33.8 Å². The fourth-order valence-electron chi connectivity index (χ4n) is 5.31. The SMILES string of the molecule is FC(F)(F)c1cc(C(F)(F)F)c(N2c3ccccc3-c3ccccc3Oc3ccccc3-c3ccccc32)c(C(F)(F)F)c1. The molecule has 0 fully saturated rings. The van der Waals surface area contributed by atoms with E-state index in [0.717, 1.165) is 4.90 Å². The molecule has 0 spiro atoms. The highest BCUT2D eigenvalue weighted by Crippen LogP contribution is 2.55. The van der Waals surface area contributed by atoms with Crippen molar-refractivity contribution in [1.82, 2.24) is 0 Å². The molecule has 5 aromatic carbocycles. The first-order valence-corrected chi connectivity index (χ1v) is 13.0. The third-order valence-corrected chi connectivity index (χ3v) is 7.14. The van der Waals surface area contributed by atoms with Crippen molar-refractivity contribution in [2.75, 3.05) is 4.90 Å². The van der Waals surface area contributed by atoms with Gasteiger partial charge in [0.1, 0.15) is 11.5 Å². The van der Waals surface area contributed by atoms with Crippen molar-refractivity contribution in [2.45, 2.75) is 18.5 Å². The standard InChI is InChI=1S/C33H18F9NO/c34-31(35,36)19-17-24(32(37,38)39)30(25(18-19)33(40,41)42)43-26-13-5-1-9-20(26)22-11-3-7-15-28(22)44-29-16-8-4-12-23(29)21-10-2-6-14-27(21)43/h1-18H. The van der Waals surface area contributed by atoms with Crippen molar-refractivity contribution < 1.29 is 44.3 Å². The molecule has 0 aliphatic carbocycles. The van der Waals surface area contributed by atoms with E-state index in [1.54, 1.807) is 60.7 Å². The zero-order chi connectivity index (χ0) is 31.4. The topological polar surface area (TPSA) is 12.5 Å². The van der Waals surface area contributed by atoms with Gasteiger partial charge in [0, 0.05) is 22.3 Å². The molecule has 0 aromatic heterocycles. The van der Waals surface area contributed by atoms with E-state index in [1.807, 2.05) is 0 Å². The number of nitrogens with zero attached hydrogens (tertiary/aromatic N) is 1. The van der Waals surface area contributed by atoms with Crippen molar-refractivity contribution in [2.24, 2.45) is 0 Å². The molecule has 1 aliphatic heterocycles. The van der Waals surface area contributed by atoms with Crippen molar-refractivity contribution in [3.8, 4) is 33.8 Å². The summed E-state index contributed by atoms with van der Waals surface area (Å²) in [6.45, 7) is 0. The lowest BCUT2D eigenvalue weighted by atomic mass is 9.94. The highest BCUT2D eigenvalue weighted by atomic mass is 19.4. The summed E-state index contributed by atoms with van der Waals surface area (Å²) in [6.07, 6.45) is -16.7. The van der Waals surface area contributed by atoms with Gasteiger partial charge in [0.25, 0.3) is 0 Å². The third-order valence-electron chi connectivity index (χ3n) is 7.14. The number of fused-ring (bicyclic) bond motifs is 6. The van der Waals surface area contributed by atoms with Crippen LogP contribution in [-0.4, -0.2) is 0 Å². The lowest BCUT2D eigenvalue weighted by Gasteiger charge is -2.35. The number of hydrogen-bond donors (Lipinski definition) is 0. The Morgan fingerprint density at radius 1 is 0.432 bits per heavy atom. The molecule has 44 heavy (non-hydrogen) atoms. The first-order chi connectivity index (χ1) is 20.7. The third kappa shape index (κ3) is 5.12. The largest absolute Gasteiger partial charge is 0.456 e. The Labute approximate surface area is 244 Å². The zero-order valence-electron chi connectivity index (χ0n) is 22.1. The summed E-state index contributed by atoms with van der Waals surface area (Å²) >= 11 is 0. The number of alkyl halides is 9. The monoisotopic (exact) mass is 615 g/mol. The lowest BCUT2D eigenvalue weighted by Crippen LogP contribution is -2.24. The van der Waals surface area contributed by atoms with Gasteiger partial charge in [0.2, 0.25) is 0 Å². The molecule has 0 amide bonds. The fraction of sp³-hybridized carbons (Fsp3) is 0.0909. The smallest absolute Gasteiger partial charge is 0.418 e. The normalized spacial score (nSPS) is 13.2. The number of rotatable bonds is 1. The molecule has 2 nitrogen and oxygen atoms in total. The molecular formula is C33H18F9NO. The summed E-state index contributed by atoms with van der Waals surface area (Å²) in [6, 6.07) is 23.9. The van der Waals surface area contributed by atoms with E-state index in [1.165, 1.54) is 36.4 Å². The van der Waals surface area contributed by atoms with E-state index in [0.29, 0.717) is 11.1 Å². The van der Waals surface area contributed by atoms with E-state index in [4.69, 9.17) is 4.74 Å². The van der Waals surface area contributed by atoms with Gasteiger partial charge in [-0.05, 0) is 36.4 Å².